The predicted molar refractivity (Wildman–Crippen MR) is 140 cm³/mol. The highest BCUT2D eigenvalue weighted by Gasteiger charge is 2.36. The van der Waals surface area contributed by atoms with Gasteiger partial charge in [0.15, 0.2) is 5.78 Å². The molecule has 0 saturated carbocycles. The van der Waals surface area contributed by atoms with E-state index in [0.717, 1.165) is 42.5 Å². The van der Waals surface area contributed by atoms with E-state index in [1.807, 2.05) is 24.1 Å². The molecule has 2 aliphatic rings. The number of anilines is 1. The molecule has 1 unspecified atom stereocenters. The predicted octanol–water partition coefficient (Wildman–Crippen LogP) is 4.93. The number of hydrogen-bond donors (Lipinski definition) is 0. The number of aromatic nitrogens is 2. The van der Waals surface area contributed by atoms with Gasteiger partial charge < -0.3 is 9.80 Å². The quantitative estimate of drug-likeness (QED) is 0.326. The molecule has 10 heteroatoms. The Hall–Kier alpha value is -3.37. The third-order valence-electron chi connectivity index (χ3n) is 7.63. The van der Waals surface area contributed by atoms with Gasteiger partial charge in [-0.1, -0.05) is 25.1 Å². The van der Waals surface area contributed by atoms with Crippen molar-refractivity contribution in [3.05, 3.63) is 88.3 Å². The third-order valence-corrected chi connectivity index (χ3v) is 7.63. The molecule has 1 aromatic heterocycles. The lowest BCUT2D eigenvalue weighted by Gasteiger charge is -2.34. The van der Waals surface area contributed by atoms with E-state index >= 15 is 0 Å². The van der Waals surface area contributed by atoms with Crippen LogP contribution >= 0.6 is 0 Å². The van der Waals surface area contributed by atoms with Crippen molar-refractivity contribution in [1.82, 2.24) is 19.8 Å². The molecule has 1 saturated heterocycles. The van der Waals surface area contributed by atoms with Gasteiger partial charge in [-0.2, -0.15) is 13.2 Å². The standard InChI is InChI=1S/C29H31F4N5O/c1-19-15-38(24-13-34-18-35-14-24)17-22-12-21(3-4-25(19)22)27(39)11-20-9-23(16-37-7-5-36(2)6-8-37)28(30)26(10-20)29(31,32)33/h3-4,9-10,12-14,18-19H,5-8,11,15-17H2,1-2H3. The van der Waals surface area contributed by atoms with Crippen LogP contribution in [-0.4, -0.2) is 65.3 Å². The summed E-state index contributed by atoms with van der Waals surface area (Å²) in [6.45, 7) is 6.32. The lowest BCUT2D eigenvalue weighted by atomic mass is 9.88. The first kappa shape index (κ1) is 27.2. The van der Waals surface area contributed by atoms with Crippen LogP contribution in [0.4, 0.5) is 23.2 Å². The van der Waals surface area contributed by atoms with Gasteiger partial charge in [0.2, 0.25) is 0 Å². The summed E-state index contributed by atoms with van der Waals surface area (Å²) in [5.41, 5.74) is 2.22. The SMILES string of the molecule is CC1CN(c2cncnc2)Cc2cc(C(=O)Cc3cc(CN4CCN(C)CC4)c(F)c(C(F)(F)F)c3)ccc21. The summed E-state index contributed by atoms with van der Waals surface area (Å²) < 4.78 is 56.2. The van der Waals surface area contributed by atoms with E-state index < -0.39 is 17.6 Å². The zero-order chi connectivity index (χ0) is 27.7. The normalized spacial score (nSPS) is 18.7. The van der Waals surface area contributed by atoms with E-state index in [2.05, 4.69) is 26.7 Å². The second kappa shape index (κ2) is 11.0. The zero-order valence-corrected chi connectivity index (χ0v) is 22.0. The second-order valence-corrected chi connectivity index (χ2v) is 10.6. The number of carbonyl (C=O) groups excluding carboxylic acids is 1. The van der Waals surface area contributed by atoms with E-state index in [9.17, 15) is 22.4 Å². The van der Waals surface area contributed by atoms with Gasteiger partial charge >= 0.3 is 6.18 Å². The summed E-state index contributed by atoms with van der Waals surface area (Å²) in [5.74, 6) is -1.36. The van der Waals surface area contributed by atoms with Crippen LogP contribution < -0.4 is 4.90 Å². The molecule has 0 aliphatic carbocycles. The van der Waals surface area contributed by atoms with Crippen LogP contribution in [0.2, 0.25) is 0 Å². The smallest absolute Gasteiger partial charge is 0.364 e. The number of piperazine rings is 1. The molecule has 5 rings (SSSR count). The Morgan fingerprint density at radius 2 is 1.77 bits per heavy atom. The Balaban J connectivity index is 1.39. The molecule has 206 valence electrons. The third kappa shape index (κ3) is 6.12. The molecule has 1 atom stereocenters. The number of halogens is 4. The minimum atomic E-state index is -4.85. The number of carbonyl (C=O) groups is 1. The Bertz CT molecular complexity index is 1340. The lowest BCUT2D eigenvalue weighted by Crippen LogP contribution is -2.44. The highest BCUT2D eigenvalue weighted by molar-refractivity contribution is 5.97. The molecule has 1 fully saturated rings. The molecule has 6 nitrogen and oxygen atoms in total. The molecule has 2 aromatic carbocycles. The summed E-state index contributed by atoms with van der Waals surface area (Å²) in [5, 5.41) is 0. The van der Waals surface area contributed by atoms with E-state index in [1.165, 1.54) is 12.4 Å². The number of nitrogens with zero attached hydrogens (tertiary/aromatic N) is 5. The maximum Gasteiger partial charge on any atom is 0.419 e. The molecule has 0 N–H and O–H groups in total. The number of hydrogen-bond acceptors (Lipinski definition) is 6. The maximum atomic E-state index is 15.0. The number of fused-ring (bicyclic) bond motifs is 1. The summed E-state index contributed by atoms with van der Waals surface area (Å²) in [6.07, 6.45) is -0.146. The first-order chi connectivity index (χ1) is 18.6. The molecule has 0 bridgehead atoms. The Morgan fingerprint density at radius 3 is 2.46 bits per heavy atom. The average Bonchev–Trinajstić information content (AvgIpc) is 2.91. The molecule has 2 aliphatic heterocycles. The average molecular weight is 542 g/mol. The first-order valence-electron chi connectivity index (χ1n) is 13.0. The molecule has 39 heavy (non-hydrogen) atoms. The number of likely N-dealkylation sites (N-methyl/N-ethyl adjacent to an activating group) is 1. The number of benzene rings is 2. The number of alkyl halides is 3. The van der Waals surface area contributed by atoms with E-state index in [0.29, 0.717) is 25.2 Å². The molecule has 0 amide bonds. The van der Waals surface area contributed by atoms with Crippen LogP contribution in [0.15, 0.2) is 49.1 Å². The monoisotopic (exact) mass is 541 g/mol. The van der Waals surface area contributed by atoms with Crippen molar-refractivity contribution in [1.29, 1.82) is 0 Å². The Kier molecular flexibility index (Phi) is 7.68. The van der Waals surface area contributed by atoms with Crippen molar-refractivity contribution in [3.63, 3.8) is 0 Å². The van der Waals surface area contributed by atoms with Crippen molar-refractivity contribution >= 4 is 11.5 Å². The molecule has 3 aromatic rings. The highest BCUT2D eigenvalue weighted by Crippen LogP contribution is 2.35. The molecular formula is C29H31F4N5O. The van der Waals surface area contributed by atoms with Crippen molar-refractivity contribution < 1.29 is 22.4 Å². The minimum absolute atomic E-state index is 0.0304. The van der Waals surface area contributed by atoms with Gasteiger partial charge in [-0.3, -0.25) is 9.69 Å². The molecule has 3 heterocycles. The first-order valence-corrected chi connectivity index (χ1v) is 13.0. The topological polar surface area (TPSA) is 52.6 Å². The van der Waals surface area contributed by atoms with E-state index in [4.69, 9.17) is 0 Å². The maximum absolute atomic E-state index is 15.0. The Morgan fingerprint density at radius 1 is 1.05 bits per heavy atom. The van der Waals surface area contributed by atoms with Gasteiger partial charge in [-0.05, 0) is 41.8 Å². The summed E-state index contributed by atoms with van der Waals surface area (Å²) >= 11 is 0. The summed E-state index contributed by atoms with van der Waals surface area (Å²) in [7, 11) is 1.97. The summed E-state index contributed by atoms with van der Waals surface area (Å²) in [4.78, 5) is 27.7. The van der Waals surface area contributed by atoms with Gasteiger partial charge in [0.25, 0.3) is 0 Å². The van der Waals surface area contributed by atoms with Gasteiger partial charge in [0, 0.05) is 63.4 Å². The van der Waals surface area contributed by atoms with Crippen LogP contribution in [0.3, 0.4) is 0 Å². The van der Waals surface area contributed by atoms with E-state index in [1.54, 1.807) is 18.5 Å². The largest absolute Gasteiger partial charge is 0.419 e. The van der Waals surface area contributed by atoms with Crippen molar-refractivity contribution in [2.24, 2.45) is 0 Å². The van der Waals surface area contributed by atoms with Crippen LogP contribution in [0.1, 0.15) is 51.0 Å². The molecular weight excluding hydrogens is 510 g/mol. The zero-order valence-electron chi connectivity index (χ0n) is 22.0. The van der Waals surface area contributed by atoms with Gasteiger partial charge in [0.1, 0.15) is 12.1 Å². The van der Waals surface area contributed by atoms with Crippen LogP contribution in [0.5, 0.6) is 0 Å². The van der Waals surface area contributed by atoms with Gasteiger partial charge in [-0.15, -0.1) is 0 Å². The van der Waals surface area contributed by atoms with Gasteiger partial charge in [-0.25, -0.2) is 14.4 Å². The Labute approximate surface area is 225 Å². The lowest BCUT2D eigenvalue weighted by molar-refractivity contribution is -0.140. The molecule has 0 spiro atoms. The molecule has 0 radical (unpaired) electrons. The fourth-order valence-electron chi connectivity index (χ4n) is 5.46. The fraction of sp³-hybridized carbons (Fsp3) is 0.414. The van der Waals surface area contributed by atoms with Crippen LogP contribution in [-0.2, 0) is 25.7 Å². The van der Waals surface area contributed by atoms with E-state index in [-0.39, 0.29) is 35.8 Å². The summed E-state index contributed by atoms with van der Waals surface area (Å²) in [6, 6.07) is 7.68. The number of Topliss-reactive ketones (excluding diaryl/α,β-unsaturated/α-hetero) is 1. The van der Waals surface area contributed by atoms with Crippen LogP contribution in [0.25, 0.3) is 0 Å². The minimum Gasteiger partial charge on any atom is -0.364 e. The van der Waals surface area contributed by atoms with Crippen LogP contribution in [0, 0.1) is 5.82 Å². The fourth-order valence-corrected chi connectivity index (χ4v) is 5.46. The van der Waals surface area contributed by atoms with Gasteiger partial charge in [0.05, 0.1) is 23.6 Å². The van der Waals surface area contributed by atoms with Crippen molar-refractivity contribution in [2.45, 2.75) is 38.5 Å². The highest BCUT2D eigenvalue weighted by atomic mass is 19.4. The number of ketones is 1. The number of rotatable bonds is 6. The second-order valence-electron chi connectivity index (χ2n) is 10.6. The van der Waals surface area contributed by atoms with Crippen molar-refractivity contribution in [3.8, 4) is 0 Å². The van der Waals surface area contributed by atoms with Crippen molar-refractivity contribution in [2.75, 3.05) is 44.7 Å².